The molecule has 112 valence electrons. The van der Waals surface area contributed by atoms with E-state index in [4.69, 9.17) is 22.1 Å². The molecule has 0 amide bonds. The van der Waals surface area contributed by atoms with Gasteiger partial charge in [0, 0.05) is 12.3 Å². The highest BCUT2D eigenvalue weighted by Gasteiger charge is 2.20. The monoisotopic (exact) mass is 300 g/mol. The molecule has 0 bridgehead atoms. The van der Waals surface area contributed by atoms with Crippen molar-refractivity contribution in [3.63, 3.8) is 0 Å². The van der Waals surface area contributed by atoms with E-state index in [1.807, 2.05) is 20.8 Å². The summed E-state index contributed by atoms with van der Waals surface area (Å²) >= 11 is 6.11. The van der Waals surface area contributed by atoms with Crippen molar-refractivity contribution in [2.45, 2.75) is 26.8 Å². The average Bonchev–Trinajstić information content (AvgIpc) is 2.35. The van der Waals surface area contributed by atoms with Gasteiger partial charge in [-0.2, -0.15) is 0 Å². The van der Waals surface area contributed by atoms with Gasteiger partial charge >= 0.3 is 5.97 Å². The zero-order valence-electron chi connectivity index (χ0n) is 11.9. The summed E-state index contributed by atoms with van der Waals surface area (Å²) < 4.78 is 5.42. The van der Waals surface area contributed by atoms with Gasteiger partial charge in [-0.1, -0.05) is 25.4 Å². The number of halogens is 1. The normalized spacial score (nSPS) is 12.4. The number of aromatic carboxylic acids is 1. The third kappa shape index (κ3) is 4.28. The standard InChI is InChI=1S/C14H21ClN2O3/c1-4-20-7-12(8(2)3)17-13-10(14(18)19)5-9(16)6-11(13)15/h5-6,8,12,17H,4,7,16H2,1-3H3,(H,18,19). The molecular formula is C14H21ClN2O3. The molecule has 1 rings (SSSR count). The number of carboxylic acids is 1. The summed E-state index contributed by atoms with van der Waals surface area (Å²) in [6, 6.07) is 2.90. The zero-order chi connectivity index (χ0) is 15.3. The Balaban J connectivity index is 3.08. The van der Waals surface area contributed by atoms with Gasteiger partial charge in [-0.05, 0) is 25.0 Å². The molecule has 20 heavy (non-hydrogen) atoms. The second-order valence-corrected chi connectivity index (χ2v) is 5.29. The smallest absolute Gasteiger partial charge is 0.337 e. The Morgan fingerprint density at radius 2 is 2.15 bits per heavy atom. The van der Waals surface area contributed by atoms with Crippen molar-refractivity contribution < 1.29 is 14.6 Å². The molecule has 1 unspecified atom stereocenters. The Morgan fingerprint density at radius 1 is 1.50 bits per heavy atom. The highest BCUT2D eigenvalue weighted by Crippen LogP contribution is 2.30. The van der Waals surface area contributed by atoms with Crippen LogP contribution in [0.4, 0.5) is 11.4 Å². The Hall–Kier alpha value is -1.46. The Kier molecular flexibility index (Phi) is 6.10. The first-order valence-electron chi connectivity index (χ1n) is 6.53. The molecule has 0 saturated heterocycles. The number of hydrogen-bond donors (Lipinski definition) is 3. The van der Waals surface area contributed by atoms with Crippen LogP contribution in [-0.4, -0.2) is 30.3 Å². The summed E-state index contributed by atoms with van der Waals surface area (Å²) in [5, 5.41) is 12.7. The largest absolute Gasteiger partial charge is 0.478 e. The molecule has 4 N–H and O–H groups in total. The molecule has 0 aliphatic rings. The van der Waals surface area contributed by atoms with Crippen LogP contribution in [0.1, 0.15) is 31.1 Å². The van der Waals surface area contributed by atoms with Gasteiger partial charge in [-0.25, -0.2) is 4.79 Å². The number of ether oxygens (including phenoxy) is 1. The molecule has 6 heteroatoms. The maximum atomic E-state index is 11.3. The molecule has 0 spiro atoms. The predicted octanol–water partition coefficient (Wildman–Crippen LogP) is 3.09. The second-order valence-electron chi connectivity index (χ2n) is 4.88. The van der Waals surface area contributed by atoms with Crippen LogP contribution in [0.2, 0.25) is 5.02 Å². The van der Waals surface area contributed by atoms with Gasteiger partial charge in [0.1, 0.15) is 0 Å². The fourth-order valence-corrected chi connectivity index (χ4v) is 2.06. The van der Waals surface area contributed by atoms with E-state index in [2.05, 4.69) is 5.32 Å². The van der Waals surface area contributed by atoms with Gasteiger partial charge in [0.15, 0.2) is 0 Å². The van der Waals surface area contributed by atoms with Crippen LogP contribution >= 0.6 is 11.6 Å². The molecule has 1 atom stereocenters. The maximum absolute atomic E-state index is 11.3. The summed E-state index contributed by atoms with van der Waals surface area (Å²) in [5.41, 5.74) is 6.41. The second kappa shape index (κ2) is 7.36. The van der Waals surface area contributed by atoms with Crippen LogP contribution < -0.4 is 11.1 Å². The number of rotatable bonds is 7. The van der Waals surface area contributed by atoms with E-state index in [1.165, 1.54) is 12.1 Å². The van der Waals surface area contributed by atoms with Gasteiger partial charge in [0.25, 0.3) is 0 Å². The van der Waals surface area contributed by atoms with Crippen molar-refractivity contribution in [3.8, 4) is 0 Å². The number of nitrogens with one attached hydrogen (secondary N) is 1. The number of hydrogen-bond acceptors (Lipinski definition) is 4. The minimum atomic E-state index is -1.07. The summed E-state index contributed by atoms with van der Waals surface area (Å²) in [6.07, 6.45) is 0. The number of nitrogen functional groups attached to an aromatic ring is 1. The highest BCUT2D eigenvalue weighted by molar-refractivity contribution is 6.34. The van der Waals surface area contributed by atoms with Crippen molar-refractivity contribution in [3.05, 3.63) is 22.7 Å². The quantitative estimate of drug-likeness (QED) is 0.674. The minimum absolute atomic E-state index is 0.0332. The SMILES string of the molecule is CCOCC(Nc1c(Cl)cc(N)cc1C(=O)O)C(C)C. The van der Waals surface area contributed by atoms with Crippen LogP contribution in [0.3, 0.4) is 0 Å². The van der Waals surface area contributed by atoms with E-state index in [1.54, 1.807) is 0 Å². The zero-order valence-corrected chi connectivity index (χ0v) is 12.7. The minimum Gasteiger partial charge on any atom is -0.478 e. The topological polar surface area (TPSA) is 84.6 Å². The Bertz CT molecular complexity index is 478. The van der Waals surface area contributed by atoms with Gasteiger partial charge in [-0.15, -0.1) is 0 Å². The Morgan fingerprint density at radius 3 is 2.65 bits per heavy atom. The van der Waals surface area contributed by atoms with Crippen molar-refractivity contribution >= 4 is 28.9 Å². The third-order valence-electron chi connectivity index (χ3n) is 2.98. The lowest BCUT2D eigenvalue weighted by atomic mass is 10.0. The van der Waals surface area contributed by atoms with Crippen molar-refractivity contribution in [1.82, 2.24) is 0 Å². The van der Waals surface area contributed by atoms with Crippen LogP contribution in [0, 0.1) is 5.92 Å². The van der Waals surface area contributed by atoms with Gasteiger partial charge < -0.3 is 20.9 Å². The van der Waals surface area contributed by atoms with Crippen molar-refractivity contribution in [2.75, 3.05) is 24.3 Å². The molecule has 5 nitrogen and oxygen atoms in total. The fraction of sp³-hybridized carbons (Fsp3) is 0.500. The molecule has 0 aliphatic heterocycles. The number of nitrogens with two attached hydrogens (primary N) is 1. The van der Waals surface area contributed by atoms with Crippen LogP contribution in [0.5, 0.6) is 0 Å². The lowest BCUT2D eigenvalue weighted by Gasteiger charge is -2.25. The summed E-state index contributed by atoms with van der Waals surface area (Å²) in [6.45, 7) is 7.06. The molecule has 0 radical (unpaired) electrons. The number of anilines is 2. The van der Waals surface area contributed by atoms with Crippen molar-refractivity contribution in [1.29, 1.82) is 0 Å². The maximum Gasteiger partial charge on any atom is 0.337 e. The molecule has 0 aromatic heterocycles. The third-order valence-corrected chi connectivity index (χ3v) is 3.28. The molecular weight excluding hydrogens is 280 g/mol. The van der Waals surface area contributed by atoms with Crippen LogP contribution in [-0.2, 0) is 4.74 Å². The van der Waals surface area contributed by atoms with E-state index < -0.39 is 5.97 Å². The lowest BCUT2D eigenvalue weighted by molar-refractivity contribution is 0.0697. The van der Waals surface area contributed by atoms with E-state index in [0.717, 1.165) is 0 Å². The molecule has 0 saturated carbocycles. The van der Waals surface area contributed by atoms with Crippen molar-refractivity contribution in [2.24, 2.45) is 5.92 Å². The summed E-state index contributed by atoms with van der Waals surface area (Å²) in [5.74, 6) is -0.808. The predicted molar refractivity (Wildman–Crippen MR) is 81.6 cm³/mol. The molecule has 0 heterocycles. The van der Waals surface area contributed by atoms with Gasteiger partial charge in [-0.3, -0.25) is 0 Å². The van der Waals surface area contributed by atoms with Crippen LogP contribution in [0.25, 0.3) is 0 Å². The molecule has 1 aromatic rings. The number of carboxylic acid groups (broad SMARTS) is 1. The first kappa shape index (κ1) is 16.6. The summed E-state index contributed by atoms with van der Waals surface area (Å²) in [4.78, 5) is 11.3. The van der Waals surface area contributed by atoms with Crippen LogP contribution in [0.15, 0.2) is 12.1 Å². The average molecular weight is 301 g/mol. The highest BCUT2D eigenvalue weighted by atomic mass is 35.5. The van der Waals surface area contributed by atoms with E-state index in [0.29, 0.717) is 29.6 Å². The van der Waals surface area contributed by atoms with E-state index in [-0.39, 0.29) is 17.5 Å². The first-order chi connectivity index (χ1) is 9.36. The fourth-order valence-electron chi connectivity index (χ4n) is 1.77. The van der Waals surface area contributed by atoms with Gasteiger partial charge in [0.05, 0.1) is 28.9 Å². The molecule has 1 aromatic carbocycles. The van der Waals surface area contributed by atoms with Gasteiger partial charge in [0.2, 0.25) is 0 Å². The number of benzene rings is 1. The summed E-state index contributed by atoms with van der Waals surface area (Å²) in [7, 11) is 0. The Labute approximate surface area is 124 Å². The lowest BCUT2D eigenvalue weighted by Crippen LogP contribution is -2.31. The first-order valence-corrected chi connectivity index (χ1v) is 6.91. The number of carbonyl (C=O) groups is 1. The molecule has 0 aliphatic carbocycles. The van der Waals surface area contributed by atoms with E-state index >= 15 is 0 Å². The van der Waals surface area contributed by atoms with E-state index in [9.17, 15) is 9.90 Å². The molecule has 0 fully saturated rings.